The van der Waals surface area contributed by atoms with Crippen LogP contribution in [0.1, 0.15) is 37.0 Å². The molecule has 0 unspecified atom stereocenters. The molecule has 0 saturated carbocycles. The third kappa shape index (κ3) is 5.30. The van der Waals surface area contributed by atoms with Crippen LogP contribution in [0, 0.1) is 11.7 Å². The minimum Gasteiger partial charge on any atom is -0.354 e. The molecule has 0 radical (unpaired) electrons. The van der Waals surface area contributed by atoms with Crippen molar-refractivity contribution in [2.75, 3.05) is 26.2 Å². The van der Waals surface area contributed by atoms with Gasteiger partial charge in [0.25, 0.3) is 5.91 Å². The Labute approximate surface area is 142 Å². The maximum atomic E-state index is 12.8. The van der Waals surface area contributed by atoms with Crippen molar-refractivity contribution in [2.24, 2.45) is 5.92 Å². The maximum absolute atomic E-state index is 12.8. The van der Waals surface area contributed by atoms with Gasteiger partial charge in [-0.05, 0) is 57.5 Å². The second-order valence-electron chi connectivity index (χ2n) is 6.48. The number of nitrogens with zero attached hydrogens (tertiary/aromatic N) is 1. The summed E-state index contributed by atoms with van der Waals surface area (Å²) in [5.41, 5.74) is 0.405. The van der Waals surface area contributed by atoms with Crippen LogP contribution >= 0.6 is 0 Å². The van der Waals surface area contributed by atoms with E-state index >= 15 is 0 Å². The molecule has 1 atom stereocenters. The van der Waals surface area contributed by atoms with Gasteiger partial charge in [0.2, 0.25) is 5.91 Å². The molecular formula is C18H26FN3O2. The Balaban J connectivity index is 1.69. The third-order valence-corrected chi connectivity index (χ3v) is 4.37. The van der Waals surface area contributed by atoms with E-state index in [2.05, 4.69) is 29.4 Å². The van der Waals surface area contributed by atoms with E-state index in [0.717, 1.165) is 25.9 Å². The number of likely N-dealkylation sites (tertiary alicyclic amines) is 1. The first kappa shape index (κ1) is 18.4. The van der Waals surface area contributed by atoms with Crippen LogP contribution in [0.15, 0.2) is 24.3 Å². The summed E-state index contributed by atoms with van der Waals surface area (Å²) in [5, 5.41) is 5.60. The van der Waals surface area contributed by atoms with Crippen molar-refractivity contribution in [3.63, 3.8) is 0 Å². The van der Waals surface area contributed by atoms with Gasteiger partial charge in [-0.2, -0.15) is 0 Å². The number of hydrogen-bond acceptors (Lipinski definition) is 3. The number of nitrogens with one attached hydrogen (secondary N) is 2. The number of benzene rings is 1. The second kappa shape index (κ2) is 8.78. The highest BCUT2D eigenvalue weighted by atomic mass is 19.1. The molecule has 0 bridgehead atoms. The summed E-state index contributed by atoms with van der Waals surface area (Å²) in [6.45, 7) is 6.88. The van der Waals surface area contributed by atoms with Crippen LogP contribution in [0.5, 0.6) is 0 Å². The van der Waals surface area contributed by atoms with Gasteiger partial charge in [-0.1, -0.05) is 0 Å². The Morgan fingerprint density at radius 1 is 1.21 bits per heavy atom. The molecule has 5 nitrogen and oxygen atoms in total. The fraction of sp³-hybridized carbons (Fsp3) is 0.556. The van der Waals surface area contributed by atoms with Crippen LogP contribution in [-0.4, -0.2) is 48.9 Å². The van der Waals surface area contributed by atoms with Crippen LogP contribution < -0.4 is 10.6 Å². The van der Waals surface area contributed by atoms with Gasteiger partial charge in [-0.3, -0.25) is 9.59 Å². The van der Waals surface area contributed by atoms with Crippen LogP contribution in [0.3, 0.4) is 0 Å². The van der Waals surface area contributed by atoms with Crippen molar-refractivity contribution in [1.29, 1.82) is 0 Å². The second-order valence-corrected chi connectivity index (χ2v) is 6.48. The van der Waals surface area contributed by atoms with E-state index in [4.69, 9.17) is 0 Å². The minimum absolute atomic E-state index is 0.0222. The molecule has 1 aliphatic heterocycles. The topological polar surface area (TPSA) is 61.4 Å². The van der Waals surface area contributed by atoms with E-state index in [1.165, 1.54) is 24.3 Å². The fourth-order valence-corrected chi connectivity index (χ4v) is 2.90. The zero-order valence-electron chi connectivity index (χ0n) is 14.3. The molecule has 0 aromatic heterocycles. The van der Waals surface area contributed by atoms with Gasteiger partial charge in [0.05, 0.1) is 5.92 Å². The summed E-state index contributed by atoms with van der Waals surface area (Å²) in [5.74, 6) is -0.569. The molecule has 24 heavy (non-hydrogen) atoms. The molecule has 2 rings (SSSR count). The molecule has 1 fully saturated rings. The minimum atomic E-state index is -0.373. The SMILES string of the molecule is CC(C)N1CCC[C@H](C(=O)NCCNC(=O)c2ccc(F)cc2)C1. The van der Waals surface area contributed by atoms with Gasteiger partial charge < -0.3 is 15.5 Å². The number of carbonyl (C=O) groups is 2. The Bertz CT molecular complexity index is 560. The van der Waals surface area contributed by atoms with Crippen LogP contribution in [0.2, 0.25) is 0 Å². The van der Waals surface area contributed by atoms with Gasteiger partial charge in [-0.15, -0.1) is 0 Å². The van der Waals surface area contributed by atoms with Crippen molar-refractivity contribution in [1.82, 2.24) is 15.5 Å². The number of piperidine rings is 1. The van der Waals surface area contributed by atoms with Crippen molar-refractivity contribution >= 4 is 11.8 Å². The molecular weight excluding hydrogens is 309 g/mol. The van der Waals surface area contributed by atoms with Crippen molar-refractivity contribution < 1.29 is 14.0 Å². The smallest absolute Gasteiger partial charge is 0.251 e. The lowest BCUT2D eigenvalue weighted by Crippen LogP contribution is -2.46. The Hall–Kier alpha value is -1.95. The largest absolute Gasteiger partial charge is 0.354 e. The van der Waals surface area contributed by atoms with Gasteiger partial charge in [-0.25, -0.2) is 4.39 Å². The molecule has 1 aromatic carbocycles. The predicted molar refractivity (Wildman–Crippen MR) is 91.2 cm³/mol. The summed E-state index contributed by atoms with van der Waals surface area (Å²) in [7, 11) is 0. The highest BCUT2D eigenvalue weighted by Crippen LogP contribution is 2.18. The average molecular weight is 335 g/mol. The molecule has 2 amide bonds. The zero-order chi connectivity index (χ0) is 17.5. The van der Waals surface area contributed by atoms with E-state index < -0.39 is 0 Å². The van der Waals surface area contributed by atoms with Crippen molar-refractivity contribution in [2.45, 2.75) is 32.7 Å². The van der Waals surface area contributed by atoms with Crippen molar-refractivity contribution in [3.05, 3.63) is 35.6 Å². The first-order valence-electron chi connectivity index (χ1n) is 8.53. The van der Waals surface area contributed by atoms with E-state index in [-0.39, 0.29) is 23.5 Å². The molecule has 6 heteroatoms. The van der Waals surface area contributed by atoms with Crippen molar-refractivity contribution in [3.8, 4) is 0 Å². The molecule has 1 aromatic rings. The molecule has 132 valence electrons. The zero-order valence-corrected chi connectivity index (χ0v) is 14.3. The number of rotatable bonds is 6. The highest BCUT2D eigenvalue weighted by Gasteiger charge is 2.26. The van der Waals surface area contributed by atoms with Gasteiger partial charge in [0, 0.05) is 31.2 Å². The van der Waals surface area contributed by atoms with Crippen LogP contribution in [0.25, 0.3) is 0 Å². The molecule has 2 N–H and O–H groups in total. The molecule has 1 heterocycles. The summed E-state index contributed by atoms with van der Waals surface area (Å²) in [4.78, 5) is 26.4. The Morgan fingerprint density at radius 2 is 1.88 bits per heavy atom. The number of hydrogen-bond donors (Lipinski definition) is 2. The molecule has 1 aliphatic rings. The van der Waals surface area contributed by atoms with Gasteiger partial charge in [0.1, 0.15) is 5.82 Å². The molecule has 0 aliphatic carbocycles. The number of amides is 2. The lowest BCUT2D eigenvalue weighted by molar-refractivity contribution is -0.126. The Morgan fingerprint density at radius 3 is 2.54 bits per heavy atom. The standard InChI is InChI=1S/C18H26FN3O2/c1-13(2)22-11-3-4-15(12-22)18(24)21-10-9-20-17(23)14-5-7-16(19)8-6-14/h5-8,13,15H,3-4,9-12H2,1-2H3,(H,20,23)(H,21,24)/t15-/m0/s1. The molecule has 0 spiro atoms. The monoisotopic (exact) mass is 335 g/mol. The fourth-order valence-electron chi connectivity index (χ4n) is 2.90. The first-order chi connectivity index (χ1) is 11.5. The quantitative estimate of drug-likeness (QED) is 0.779. The van der Waals surface area contributed by atoms with Gasteiger partial charge >= 0.3 is 0 Å². The van der Waals surface area contributed by atoms with Crippen LogP contribution in [0.4, 0.5) is 4.39 Å². The number of carbonyl (C=O) groups excluding carboxylic acids is 2. The molecule has 1 saturated heterocycles. The summed E-state index contributed by atoms with van der Waals surface area (Å²) >= 11 is 0. The Kier molecular flexibility index (Phi) is 6.73. The predicted octanol–water partition coefficient (Wildman–Crippen LogP) is 1.79. The van der Waals surface area contributed by atoms with E-state index in [0.29, 0.717) is 24.7 Å². The summed E-state index contributed by atoms with van der Waals surface area (Å²) in [6, 6.07) is 5.83. The summed E-state index contributed by atoms with van der Waals surface area (Å²) in [6.07, 6.45) is 1.95. The van der Waals surface area contributed by atoms with Gasteiger partial charge in [0.15, 0.2) is 0 Å². The lowest BCUT2D eigenvalue weighted by Gasteiger charge is -2.34. The first-order valence-corrected chi connectivity index (χ1v) is 8.53. The van der Waals surface area contributed by atoms with E-state index in [1.54, 1.807) is 0 Å². The van der Waals surface area contributed by atoms with Crippen LogP contribution in [-0.2, 0) is 4.79 Å². The van der Waals surface area contributed by atoms with E-state index in [9.17, 15) is 14.0 Å². The number of halogens is 1. The summed E-state index contributed by atoms with van der Waals surface area (Å²) < 4.78 is 12.8. The lowest BCUT2D eigenvalue weighted by atomic mass is 9.96. The average Bonchev–Trinajstić information content (AvgIpc) is 2.59. The van der Waals surface area contributed by atoms with E-state index in [1.807, 2.05) is 0 Å². The normalized spacial score (nSPS) is 18.4. The maximum Gasteiger partial charge on any atom is 0.251 e. The highest BCUT2D eigenvalue weighted by molar-refractivity contribution is 5.94. The third-order valence-electron chi connectivity index (χ3n) is 4.37.